The van der Waals surface area contributed by atoms with Gasteiger partial charge < -0.3 is 5.84 Å². The van der Waals surface area contributed by atoms with Gasteiger partial charge >= 0.3 is 0 Å². The quantitative estimate of drug-likeness (QED) is 0.279. The van der Waals surface area contributed by atoms with Crippen molar-refractivity contribution in [2.24, 2.45) is 0 Å². The Hall–Kier alpha value is -2.62. The molecule has 6 nitrogen and oxygen atoms in total. The highest BCUT2D eigenvalue weighted by atomic mass is 32.2. The van der Waals surface area contributed by atoms with Crippen LogP contribution in [0.25, 0.3) is 21.3 Å². The maximum atomic E-state index is 12.9. The molecule has 2 heterocycles. The van der Waals surface area contributed by atoms with Crippen LogP contribution < -0.4 is 11.4 Å². The number of fused-ring (bicyclic) bond motifs is 1. The van der Waals surface area contributed by atoms with Crippen LogP contribution in [-0.4, -0.2) is 29.6 Å². The average Bonchev–Trinajstić information content (AvgIpc) is 3.17. The zero-order chi connectivity index (χ0) is 20.4. The van der Waals surface area contributed by atoms with E-state index in [1.54, 1.807) is 30.3 Å². The Labute approximate surface area is 175 Å². The standard InChI is InChI=1S/C20H17N3O3S3/c21-23-19(24)17-16(14-7-3-1-4-8-14)13-28-18(17)22-20(23)27-11-12-29(25,26)15-9-5-2-6-10-15/h1-10,13H,11-12,21H2. The molecule has 0 fully saturated rings. The van der Waals surface area contributed by atoms with Crippen molar-refractivity contribution in [3.63, 3.8) is 0 Å². The summed E-state index contributed by atoms with van der Waals surface area (Å²) in [5.41, 5.74) is 1.38. The first-order chi connectivity index (χ1) is 14.0. The molecule has 0 saturated heterocycles. The van der Waals surface area contributed by atoms with Gasteiger partial charge in [0.25, 0.3) is 5.56 Å². The Morgan fingerprint density at radius 3 is 2.38 bits per heavy atom. The highest BCUT2D eigenvalue weighted by Crippen LogP contribution is 2.31. The second-order valence-electron chi connectivity index (χ2n) is 6.25. The summed E-state index contributed by atoms with van der Waals surface area (Å²) in [5, 5.41) is 2.67. The third kappa shape index (κ3) is 3.93. The maximum absolute atomic E-state index is 12.9. The van der Waals surface area contributed by atoms with Gasteiger partial charge in [0.1, 0.15) is 4.83 Å². The van der Waals surface area contributed by atoms with E-state index in [9.17, 15) is 13.2 Å². The number of sulfone groups is 1. The maximum Gasteiger partial charge on any atom is 0.282 e. The second-order valence-corrected chi connectivity index (χ2v) is 10.3. The third-order valence-corrected chi connectivity index (χ3v) is 8.19. The number of thioether (sulfide) groups is 1. The van der Waals surface area contributed by atoms with Crippen molar-refractivity contribution in [2.75, 3.05) is 17.3 Å². The number of aromatic nitrogens is 2. The van der Waals surface area contributed by atoms with Crippen molar-refractivity contribution in [3.05, 3.63) is 76.4 Å². The average molecular weight is 444 g/mol. The van der Waals surface area contributed by atoms with Gasteiger partial charge in [-0.25, -0.2) is 18.1 Å². The molecule has 0 bridgehead atoms. The van der Waals surface area contributed by atoms with Crippen LogP contribution in [0.15, 0.2) is 80.9 Å². The predicted molar refractivity (Wildman–Crippen MR) is 119 cm³/mol. The smallest absolute Gasteiger partial charge is 0.282 e. The van der Waals surface area contributed by atoms with Crippen LogP contribution in [0.4, 0.5) is 0 Å². The van der Waals surface area contributed by atoms with Gasteiger partial charge in [0.2, 0.25) is 0 Å². The Bertz CT molecular complexity index is 1320. The lowest BCUT2D eigenvalue weighted by atomic mass is 10.1. The lowest BCUT2D eigenvalue weighted by molar-refractivity contribution is 0.597. The number of nitrogen functional groups attached to an aromatic ring is 1. The largest absolute Gasteiger partial charge is 0.334 e. The lowest BCUT2D eigenvalue weighted by Gasteiger charge is -2.08. The van der Waals surface area contributed by atoms with E-state index >= 15 is 0 Å². The first kappa shape index (κ1) is 19.7. The van der Waals surface area contributed by atoms with Crippen molar-refractivity contribution in [1.82, 2.24) is 9.66 Å². The number of hydrogen-bond acceptors (Lipinski definition) is 7. The molecule has 2 aromatic heterocycles. The van der Waals surface area contributed by atoms with Gasteiger partial charge in [-0.15, -0.1) is 11.3 Å². The monoisotopic (exact) mass is 443 g/mol. The van der Waals surface area contributed by atoms with E-state index < -0.39 is 9.84 Å². The number of hydrogen-bond donors (Lipinski definition) is 1. The molecule has 4 aromatic rings. The predicted octanol–water partition coefficient (Wildman–Crippen LogP) is 3.40. The van der Waals surface area contributed by atoms with Crippen LogP contribution in [0.2, 0.25) is 0 Å². The summed E-state index contributed by atoms with van der Waals surface area (Å²) in [6, 6.07) is 17.9. The molecule has 0 radical (unpaired) electrons. The van der Waals surface area contributed by atoms with Gasteiger partial charge in [0.05, 0.1) is 16.0 Å². The van der Waals surface area contributed by atoms with E-state index in [4.69, 9.17) is 5.84 Å². The molecule has 0 saturated carbocycles. The number of nitrogens with zero attached hydrogens (tertiary/aromatic N) is 2. The first-order valence-electron chi connectivity index (χ1n) is 8.73. The topological polar surface area (TPSA) is 95.1 Å². The molecule has 4 rings (SSSR count). The number of thiophene rings is 1. The minimum atomic E-state index is -3.40. The number of benzene rings is 2. The molecule has 148 valence electrons. The summed E-state index contributed by atoms with van der Waals surface area (Å²) in [4.78, 5) is 18.2. The van der Waals surface area contributed by atoms with E-state index in [-0.39, 0.29) is 22.0 Å². The molecule has 0 aliphatic heterocycles. The van der Waals surface area contributed by atoms with E-state index in [2.05, 4.69) is 4.98 Å². The summed E-state index contributed by atoms with van der Waals surface area (Å²) in [5.74, 6) is 6.16. The normalized spacial score (nSPS) is 11.7. The molecule has 9 heteroatoms. The van der Waals surface area contributed by atoms with Crippen LogP contribution in [0, 0.1) is 0 Å². The molecule has 0 aliphatic rings. The fraction of sp³-hybridized carbons (Fsp3) is 0.100. The molecule has 2 aromatic carbocycles. The van der Waals surface area contributed by atoms with Crippen LogP contribution in [0.1, 0.15) is 0 Å². The Morgan fingerprint density at radius 2 is 1.69 bits per heavy atom. The minimum absolute atomic E-state index is 0.0741. The molecular weight excluding hydrogens is 426 g/mol. The molecule has 0 spiro atoms. The fourth-order valence-electron chi connectivity index (χ4n) is 2.91. The Balaban J connectivity index is 1.60. The van der Waals surface area contributed by atoms with E-state index in [1.807, 2.05) is 35.7 Å². The van der Waals surface area contributed by atoms with Crippen molar-refractivity contribution in [1.29, 1.82) is 0 Å². The SMILES string of the molecule is Nn1c(SCCS(=O)(=O)c2ccccc2)nc2scc(-c3ccccc3)c2c1=O. The molecule has 0 aliphatic carbocycles. The van der Waals surface area contributed by atoms with Crippen LogP contribution in [-0.2, 0) is 9.84 Å². The van der Waals surface area contributed by atoms with Crippen LogP contribution in [0.5, 0.6) is 0 Å². The van der Waals surface area contributed by atoms with Crippen molar-refractivity contribution in [2.45, 2.75) is 10.1 Å². The van der Waals surface area contributed by atoms with Crippen LogP contribution >= 0.6 is 23.1 Å². The van der Waals surface area contributed by atoms with Gasteiger partial charge in [-0.05, 0) is 17.7 Å². The Kier molecular flexibility index (Phi) is 5.44. The highest BCUT2D eigenvalue weighted by molar-refractivity contribution is 8.00. The van der Waals surface area contributed by atoms with Gasteiger partial charge in [0, 0.05) is 16.7 Å². The molecule has 0 unspecified atom stereocenters. The van der Waals surface area contributed by atoms with E-state index in [0.717, 1.165) is 27.6 Å². The van der Waals surface area contributed by atoms with Gasteiger partial charge in [-0.3, -0.25) is 4.79 Å². The number of nitrogens with two attached hydrogens (primary N) is 1. The summed E-state index contributed by atoms with van der Waals surface area (Å²) in [6.07, 6.45) is 0. The van der Waals surface area contributed by atoms with Crippen molar-refractivity contribution in [3.8, 4) is 11.1 Å². The van der Waals surface area contributed by atoms with E-state index in [0.29, 0.717) is 15.4 Å². The summed E-state index contributed by atoms with van der Waals surface area (Å²) < 4.78 is 25.8. The zero-order valence-corrected chi connectivity index (χ0v) is 17.6. The van der Waals surface area contributed by atoms with Gasteiger partial charge in [0.15, 0.2) is 15.0 Å². The van der Waals surface area contributed by atoms with E-state index in [1.165, 1.54) is 11.3 Å². The Morgan fingerprint density at radius 1 is 1.03 bits per heavy atom. The molecule has 0 amide bonds. The third-order valence-electron chi connectivity index (χ3n) is 4.38. The number of rotatable bonds is 6. The molecule has 0 atom stereocenters. The zero-order valence-electron chi connectivity index (χ0n) is 15.2. The second kappa shape index (κ2) is 8.02. The summed E-state index contributed by atoms with van der Waals surface area (Å²) in [6.45, 7) is 0. The summed E-state index contributed by atoms with van der Waals surface area (Å²) >= 11 is 2.53. The highest BCUT2D eigenvalue weighted by Gasteiger charge is 2.18. The molecule has 29 heavy (non-hydrogen) atoms. The first-order valence-corrected chi connectivity index (χ1v) is 12.2. The minimum Gasteiger partial charge on any atom is -0.334 e. The van der Waals surface area contributed by atoms with Gasteiger partial charge in [-0.2, -0.15) is 0 Å². The fourth-order valence-corrected chi connectivity index (χ4v) is 6.48. The van der Waals surface area contributed by atoms with Crippen molar-refractivity contribution < 1.29 is 8.42 Å². The van der Waals surface area contributed by atoms with Crippen LogP contribution in [0.3, 0.4) is 0 Å². The molecular formula is C20H17N3O3S3. The van der Waals surface area contributed by atoms with Gasteiger partial charge in [-0.1, -0.05) is 60.3 Å². The summed E-state index contributed by atoms with van der Waals surface area (Å²) in [7, 11) is -3.40. The lowest BCUT2D eigenvalue weighted by Crippen LogP contribution is -2.29. The van der Waals surface area contributed by atoms with Crippen molar-refractivity contribution >= 4 is 43.2 Å². The molecule has 2 N–H and O–H groups in total.